The van der Waals surface area contributed by atoms with Gasteiger partial charge in [0.2, 0.25) is 5.75 Å². The summed E-state index contributed by atoms with van der Waals surface area (Å²) in [4.78, 5) is 8.87. The van der Waals surface area contributed by atoms with Crippen molar-refractivity contribution in [2.24, 2.45) is 0 Å². The van der Waals surface area contributed by atoms with Crippen LogP contribution in [0.1, 0.15) is 0 Å². The number of nitrogens with one attached hydrogen (secondary N) is 1. The lowest BCUT2D eigenvalue weighted by atomic mass is 10.1. The molecule has 0 unspecified atom stereocenters. The zero-order valence-corrected chi connectivity index (χ0v) is 18.1. The van der Waals surface area contributed by atoms with E-state index >= 15 is 0 Å². The summed E-state index contributed by atoms with van der Waals surface area (Å²) in [7, 11) is 6.31. The maximum Gasteiger partial charge on any atom is 0.205 e. The highest BCUT2D eigenvalue weighted by atomic mass is 16.5. The van der Waals surface area contributed by atoms with Crippen LogP contribution in [0.3, 0.4) is 0 Å². The zero-order valence-electron chi connectivity index (χ0n) is 18.1. The van der Waals surface area contributed by atoms with Crippen LogP contribution in [0.25, 0.3) is 32.8 Å². The van der Waals surface area contributed by atoms with Gasteiger partial charge in [0.1, 0.15) is 34.6 Å². The van der Waals surface area contributed by atoms with Gasteiger partial charge in [-0.3, -0.25) is 0 Å². The Labute approximate surface area is 183 Å². The molecule has 0 bridgehead atoms. The normalized spacial score (nSPS) is 11.1. The summed E-state index contributed by atoms with van der Waals surface area (Å²) >= 11 is 0. The fourth-order valence-electron chi connectivity index (χ4n) is 3.91. The molecule has 5 rings (SSSR count). The van der Waals surface area contributed by atoms with Crippen LogP contribution in [-0.2, 0) is 0 Å². The van der Waals surface area contributed by atoms with Crippen LogP contribution < -0.4 is 24.3 Å². The van der Waals surface area contributed by atoms with Crippen LogP contribution in [0, 0.1) is 0 Å². The molecular formula is C24H21N3O5. The molecule has 0 aliphatic carbocycles. The molecule has 0 amide bonds. The third kappa shape index (κ3) is 2.99. The Kier molecular flexibility index (Phi) is 4.82. The van der Waals surface area contributed by atoms with Crippen molar-refractivity contribution in [3.8, 4) is 23.0 Å². The Morgan fingerprint density at radius 3 is 2.25 bits per heavy atom. The highest BCUT2D eigenvalue weighted by molar-refractivity contribution is 6.07. The second-order valence-electron chi connectivity index (χ2n) is 7.04. The molecule has 32 heavy (non-hydrogen) atoms. The second kappa shape index (κ2) is 7.81. The van der Waals surface area contributed by atoms with E-state index in [9.17, 15) is 0 Å². The fourth-order valence-corrected chi connectivity index (χ4v) is 3.91. The molecule has 2 aromatic heterocycles. The largest absolute Gasteiger partial charge is 0.494 e. The number of rotatable bonds is 6. The highest BCUT2D eigenvalue weighted by Gasteiger charge is 2.20. The SMILES string of the molecule is COc1cc2oc3ccccc3c2cc1Nc1ncnc2c(OC)c(OC)c(OC)cc12. The summed E-state index contributed by atoms with van der Waals surface area (Å²) in [5, 5.41) is 6.09. The number of anilines is 2. The standard InChI is InChI=1S/C24H21N3O5/c1-28-19-11-18-14(13-7-5-6-8-17(13)32-18)9-16(19)27-24-15-10-20(29-2)22(30-3)23(31-4)21(15)25-12-26-24/h5-12H,1-4H3,(H,25,26,27). The minimum atomic E-state index is 0.468. The summed E-state index contributed by atoms with van der Waals surface area (Å²) < 4.78 is 28.2. The van der Waals surface area contributed by atoms with Crippen molar-refractivity contribution >= 4 is 44.3 Å². The van der Waals surface area contributed by atoms with Crippen molar-refractivity contribution in [3.05, 3.63) is 48.8 Å². The van der Waals surface area contributed by atoms with Crippen molar-refractivity contribution in [1.29, 1.82) is 0 Å². The molecule has 162 valence electrons. The number of hydrogen-bond donors (Lipinski definition) is 1. The molecule has 3 aromatic carbocycles. The van der Waals surface area contributed by atoms with Crippen molar-refractivity contribution < 1.29 is 23.4 Å². The minimum Gasteiger partial charge on any atom is -0.494 e. The van der Waals surface area contributed by atoms with Crippen molar-refractivity contribution in [2.45, 2.75) is 0 Å². The van der Waals surface area contributed by atoms with Gasteiger partial charge in [-0.25, -0.2) is 9.97 Å². The van der Waals surface area contributed by atoms with E-state index < -0.39 is 0 Å². The number of nitrogens with zero attached hydrogens (tertiary/aromatic N) is 2. The maximum absolute atomic E-state index is 5.98. The first-order valence-electron chi connectivity index (χ1n) is 9.88. The van der Waals surface area contributed by atoms with Crippen molar-refractivity contribution in [1.82, 2.24) is 9.97 Å². The molecule has 0 aliphatic rings. The van der Waals surface area contributed by atoms with Gasteiger partial charge in [0.25, 0.3) is 0 Å². The number of furan rings is 1. The van der Waals surface area contributed by atoms with E-state index in [0.29, 0.717) is 39.7 Å². The molecule has 1 N–H and O–H groups in total. The molecule has 0 spiro atoms. The topological polar surface area (TPSA) is 87.9 Å². The van der Waals surface area contributed by atoms with Gasteiger partial charge < -0.3 is 28.7 Å². The van der Waals surface area contributed by atoms with E-state index in [1.165, 1.54) is 6.33 Å². The van der Waals surface area contributed by atoms with Gasteiger partial charge in [-0.15, -0.1) is 0 Å². The number of benzene rings is 3. The van der Waals surface area contributed by atoms with Gasteiger partial charge in [0.15, 0.2) is 11.5 Å². The van der Waals surface area contributed by atoms with Crippen molar-refractivity contribution in [2.75, 3.05) is 33.8 Å². The molecule has 0 saturated carbocycles. The number of hydrogen-bond acceptors (Lipinski definition) is 8. The lowest BCUT2D eigenvalue weighted by molar-refractivity contribution is 0.327. The summed E-state index contributed by atoms with van der Waals surface area (Å²) in [5.74, 6) is 2.64. The van der Waals surface area contributed by atoms with Crippen LogP contribution >= 0.6 is 0 Å². The van der Waals surface area contributed by atoms with Crippen LogP contribution in [-0.4, -0.2) is 38.4 Å². The van der Waals surface area contributed by atoms with E-state index in [1.54, 1.807) is 28.4 Å². The van der Waals surface area contributed by atoms with E-state index in [-0.39, 0.29) is 0 Å². The van der Waals surface area contributed by atoms with Gasteiger partial charge >= 0.3 is 0 Å². The zero-order chi connectivity index (χ0) is 22.2. The average molecular weight is 431 g/mol. The average Bonchev–Trinajstić information content (AvgIpc) is 3.19. The molecule has 8 heteroatoms. The van der Waals surface area contributed by atoms with Crippen LogP contribution in [0.4, 0.5) is 11.5 Å². The third-order valence-corrected chi connectivity index (χ3v) is 5.38. The smallest absolute Gasteiger partial charge is 0.205 e. The van der Waals surface area contributed by atoms with Crippen LogP contribution in [0.15, 0.2) is 53.2 Å². The number of methoxy groups -OCH3 is 4. The summed E-state index contributed by atoms with van der Waals surface area (Å²) in [5.41, 5.74) is 2.89. The van der Waals surface area contributed by atoms with E-state index in [4.69, 9.17) is 23.4 Å². The Balaban J connectivity index is 1.71. The molecule has 0 aliphatic heterocycles. The van der Waals surface area contributed by atoms with Gasteiger partial charge in [-0.1, -0.05) is 18.2 Å². The molecule has 2 heterocycles. The Hall–Kier alpha value is -4.20. The first-order valence-corrected chi connectivity index (χ1v) is 9.88. The maximum atomic E-state index is 5.98. The monoisotopic (exact) mass is 431 g/mol. The highest BCUT2D eigenvalue weighted by Crippen LogP contribution is 2.45. The van der Waals surface area contributed by atoms with Crippen molar-refractivity contribution in [3.63, 3.8) is 0 Å². The lowest BCUT2D eigenvalue weighted by Crippen LogP contribution is -2.01. The van der Waals surface area contributed by atoms with Crippen LogP contribution in [0.5, 0.6) is 23.0 Å². The summed E-state index contributed by atoms with van der Waals surface area (Å²) in [6, 6.07) is 13.6. The molecule has 0 saturated heterocycles. The van der Waals surface area contributed by atoms with Gasteiger partial charge in [0, 0.05) is 16.8 Å². The first-order chi connectivity index (χ1) is 15.7. The Morgan fingerprint density at radius 1 is 0.719 bits per heavy atom. The van der Waals surface area contributed by atoms with E-state index in [1.807, 2.05) is 42.5 Å². The van der Waals surface area contributed by atoms with Gasteiger partial charge in [-0.2, -0.15) is 0 Å². The third-order valence-electron chi connectivity index (χ3n) is 5.38. The molecule has 0 fully saturated rings. The molecular weight excluding hydrogens is 410 g/mol. The number of aromatic nitrogens is 2. The predicted octanol–water partition coefficient (Wildman–Crippen LogP) is 5.31. The van der Waals surface area contributed by atoms with Crippen LogP contribution in [0.2, 0.25) is 0 Å². The summed E-state index contributed by atoms with van der Waals surface area (Å²) in [6.45, 7) is 0. The van der Waals surface area contributed by atoms with Gasteiger partial charge in [-0.05, 0) is 18.2 Å². The number of para-hydroxylation sites is 1. The number of ether oxygens (including phenoxy) is 4. The summed E-state index contributed by atoms with van der Waals surface area (Å²) in [6.07, 6.45) is 1.47. The van der Waals surface area contributed by atoms with E-state index in [2.05, 4.69) is 15.3 Å². The quantitative estimate of drug-likeness (QED) is 0.387. The second-order valence-corrected chi connectivity index (χ2v) is 7.04. The fraction of sp³-hybridized carbons (Fsp3) is 0.167. The minimum absolute atomic E-state index is 0.468. The molecule has 0 radical (unpaired) electrons. The van der Waals surface area contributed by atoms with E-state index in [0.717, 1.165) is 27.6 Å². The van der Waals surface area contributed by atoms with Gasteiger partial charge in [0.05, 0.1) is 39.5 Å². The number of fused-ring (bicyclic) bond motifs is 4. The molecule has 0 atom stereocenters. The molecule has 5 aromatic rings. The first kappa shape index (κ1) is 19.7. The molecule has 8 nitrogen and oxygen atoms in total. The lowest BCUT2D eigenvalue weighted by Gasteiger charge is -2.16. The predicted molar refractivity (Wildman–Crippen MR) is 123 cm³/mol. The Morgan fingerprint density at radius 2 is 1.50 bits per heavy atom. The Bertz CT molecular complexity index is 1460.